The smallest absolute Gasteiger partial charge is 0.244 e. The summed E-state index contributed by atoms with van der Waals surface area (Å²) in [5.41, 5.74) is 1.05. The van der Waals surface area contributed by atoms with Gasteiger partial charge in [0.15, 0.2) is 0 Å². The van der Waals surface area contributed by atoms with Crippen LogP contribution >= 0.6 is 0 Å². The number of hydrogen-bond acceptors (Lipinski definition) is 4. The first kappa shape index (κ1) is 18.9. The number of rotatable bonds is 7. The number of hydrogen-bond donors (Lipinski definition) is 1. The van der Waals surface area contributed by atoms with Crippen LogP contribution in [0.5, 0.6) is 0 Å². The van der Waals surface area contributed by atoms with E-state index in [9.17, 15) is 17.6 Å². The lowest BCUT2D eigenvalue weighted by Gasteiger charge is -2.30. The number of nitrogens with zero attached hydrogens (tertiary/aromatic N) is 2. The minimum absolute atomic E-state index is 0.240. The zero-order valence-electron chi connectivity index (χ0n) is 14.0. The lowest BCUT2D eigenvalue weighted by molar-refractivity contribution is -0.122. The van der Waals surface area contributed by atoms with Crippen molar-refractivity contribution in [2.75, 3.05) is 10.6 Å². The zero-order chi connectivity index (χ0) is 18.4. The monoisotopic (exact) mass is 365 g/mol. The Morgan fingerprint density at radius 3 is 2.48 bits per heavy atom. The second-order valence-corrected chi connectivity index (χ2v) is 7.40. The topological polar surface area (TPSA) is 79.4 Å². The number of aromatic nitrogens is 1. The molecule has 1 aromatic heterocycles. The van der Waals surface area contributed by atoms with Gasteiger partial charge in [-0.25, -0.2) is 12.8 Å². The molecule has 0 spiro atoms. The van der Waals surface area contributed by atoms with Gasteiger partial charge in [0.1, 0.15) is 11.9 Å². The van der Waals surface area contributed by atoms with E-state index in [1.165, 1.54) is 12.1 Å². The second-order valence-electron chi connectivity index (χ2n) is 5.54. The third-order valence-corrected chi connectivity index (χ3v) is 4.78. The van der Waals surface area contributed by atoms with Crippen LogP contribution in [0.2, 0.25) is 0 Å². The summed E-state index contributed by atoms with van der Waals surface area (Å²) in [6.45, 7) is 1.96. The molecule has 0 unspecified atom stereocenters. The van der Waals surface area contributed by atoms with Crippen molar-refractivity contribution in [3.05, 3.63) is 60.2 Å². The number of benzene rings is 1. The number of halogens is 1. The van der Waals surface area contributed by atoms with E-state index in [1.54, 1.807) is 25.4 Å². The van der Waals surface area contributed by atoms with Gasteiger partial charge in [0.05, 0.1) is 11.9 Å². The van der Waals surface area contributed by atoms with Crippen molar-refractivity contribution >= 4 is 21.6 Å². The highest BCUT2D eigenvalue weighted by atomic mass is 32.2. The number of anilines is 1. The molecule has 6 nitrogen and oxygen atoms in total. The van der Waals surface area contributed by atoms with E-state index in [0.717, 1.165) is 28.3 Å². The highest BCUT2D eigenvalue weighted by molar-refractivity contribution is 7.92. The average molecular weight is 365 g/mol. The standard InChI is InChI=1S/C17H20FN3O3S/c1-3-16(17(22)20-12-13-5-4-10-19-11-13)21(25(2,23)24)15-8-6-14(18)7-9-15/h4-11,16H,3,12H2,1-2H3,(H,20,22)/t16-/m0/s1. The van der Waals surface area contributed by atoms with E-state index in [-0.39, 0.29) is 18.7 Å². The highest BCUT2D eigenvalue weighted by Gasteiger charge is 2.31. The molecule has 0 aliphatic rings. The van der Waals surface area contributed by atoms with Crippen molar-refractivity contribution in [2.45, 2.75) is 25.9 Å². The van der Waals surface area contributed by atoms with Crippen LogP contribution in [0.15, 0.2) is 48.8 Å². The van der Waals surface area contributed by atoms with Crippen molar-refractivity contribution in [3.8, 4) is 0 Å². The van der Waals surface area contributed by atoms with E-state index in [1.807, 2.05) is 6.07 Å². The molecule has 0 saturated carbocycles. The number of carbonyl (C=O) groups is 1. The van der Waals surface area contributed by atoms with Crippen molar-refractivity contribution in [1.29, 1.82) is 0 Å². The summed E-state index contributed by atoms with van der Waals surface area (Å²) < 4.78 is 38.6. The maximum absolute atomic E-state index is 13.1. The Morgan fingerprint density at radius 2 is 1.96 bits per heavy atom. The van der Waals surface area contributed by atoms with Crippen LogP contribution in [0, 0.1) is 5.82 Å². The molecule has 1 amide bonds. The number of carbonyl (C=O) groups excluding carboxylic acids is 1. The average Bonchev–Trinajstić information content (AvgIpc) is 2.58. The van der Waals surface area contributed by atoms with Gasteiger partial charge in [-0.2, -0.15) is 0 Å². The normalized spacial score (nSPS) is 12.4. The van der Waals surface area contributed by atoms with Crippen LogP contribution < -0.4 is 9.62 Å². The quantitative estimate of drug-likeness (QED) is 0.815. The molecule has 1 heterocycles. The summed E-state index contributed by atoms with van der Waals surface area (Å²) in [4.78, 5) is 16.5. The van der Waals surface area contributed by atoms with E-state index < -0.39 is 27.8 Å². The predicted molar refractivity (Wildman–Crippen MR) is 93.9 cm³/mol. The molecule has 8 heteroatoms. The molecule has 0 aliphatic heterocycles. The van der Waals surface area contributed by atoms with Gasteiger partial charge in [-0.05, 0) is 42.3 Å². The molecular weight excluding hydrogens is 345 g/mol. The summed E-state index contributed by atoms with van der Waals surface area (Å²) in [6, 6.07) is 7.63. The third-order valence-electron chi connectivity index (χ3n) is 3.60. The van der Waals surface area contributed by atoms with Crippen LogP contribution in [0.4, 0.5) is 10.1 Å². The molecule has 1 aromatic carbocycles. The Kier molecular flexibility index (Phi) is 6.08. The molecule has 0 aliphatic carbocycles. The number of amides is 1. The van der Waals surface area contributed by atoms with Crippen molar-refractivity contribution < 1.29 is 17.6 Å². The Morgan fingerprint density at radius 1 is 1.28 bits per heavy atom. The summed E-state index contributed by atoms with van der Waals surface area (Å²) in [6.07, 6.45) is 4.53. The molecule has 0 radical (unpaired) electrons. The van der Waals surface area contributed by atoms with Crippen LogP contribution in [0.25, 0.3) is 0 Å². The zero-order valence-corrected chi connectivity index (χ0v) is 14.8. The van der Waals surface area contributed by atoms with Crippen LogP contribution in [0.3, 0.4) is 0 Å². The second kappa shape index (κ2) is 8.06. The Labute approximate surface area is 146 Å². The van der Waals surface area contributed by atoms with E-state index in [4.69, 9.17) is 0 Å². The molecular formula is C17H20FN3O3S. The van der Waals surface area contributed by atoms with Gasteiger partial charge in [-0.3, -0.25) is 14.1 Å². The maximum Gasteiger partial charge on any atom is 0.244 e. The van der Waals surface area contributed by atoms with Gasteiger partial charge in [0.2, 0.25) is 15.9 Å². The van der Waals surface area contributed by atoms with Crippen molar-refractivity contribution in [1.82, 2.24) is 10.3 Å². The summed E-state index contributed by atoms with van der Waals surface area (Å²) in [5, 5.41) is 2.72. The van der Waals surface area contributed by atoms with E-state index >= 15 is 0 Å². The van der Waals surface area contributed by atoms with Gasteiger partial charge in [0.25, 0.3) is 0 Å². The summed E-state index contributed by atoms with van der Waals surface area (Å²) >= 11 is 0. The van der Waals surface area contributed by atoms with Gasteiger partial charge in [-0.15, -0.1) is 0 Å². The fourth-order valence-electron chi connectivity index (χ4n) is 2.46. The lowest BCUT2D eigenvalue weighted by Crippen LogP contribution is -2.49. The van der Waals surface area contributed by atoms with Crippen LogP contribution in [-0.4, -0.2) is 31.6 Å². The number of sulfonamides is 1. The SMILES string of the molecule is CC[C@@H](C(=O)NCc1cccnc1)N(c1ccc(F)cc1)S(C)(=O)=O. The molecule has 2 rings (SSSR count). The lowest BCUT2D eigenvalue weighted by atomic mass is 10.2. The Bertz CT molecular complexity index is 811. The minimum Gasteiger partial charge on any atom is -0.350 e. The van der Waals surface area contributed by atoms with Gasteiger partial charge in [0, 0.05) is 18.9 Å². The first-order valence-electron chi connectivity index (χ1n) is 7.74. The van der Waals surface area contributed by atoms with Crippen molar-refractivity contribution in [3.63, 3.8) is 0 Å². The molecule has 1 atom stereocenters. The Hall–Kier alpha value is -2.48. The predicted octanol–water partition coefficient (Wildman–Crippen LogP) is 2.08. The molecule has 0 saturated heterocycles. The molecule has 2 aromatic rings. The molecule has 1 N–H and O–H groups in total. The fraction of sp³-hybridized carbons (Fsp3) is 0.294. The molecule has 0 fully saturated rings. The first-order valence-corrected chi connectivity index (χ1v) is 9.59. The molecule has 25 heavy (non-hydrogen) atoms. The number of pyridine rings is 1. The van der Waals surface area contributed by atoms with E-state index in [0.29, 0.717) is 0 Å². The highest BCUT2D eigenvalue weighted by Crippen LogP contribution is 2.22. The fourth-order valence-corrected chi connectivity index (χ4v) is 3.67. The maximum atomic E-state index is 13.1. The van der Waals surface area contributed by atoms with E-state index in [2.05, 4.69) is 10.3 Å². The summed E-state index contributed by atoms with van der Waals surface area (Å²) in [7, 11) is -3.73. The van der Waals surface area contributed by atoms with Gasteiger partial charge < -0.3 is 5.32 Å². The summed E-state index contributed by atoms with van der Waals surface area (Å²) in [5.74, 6) is -0.910. The van der Waals surface area contributed by atoms with Crippen molar-refractivity contribution in [2.24, 2.45) is 0 Å². The number of nitrogens with one attached hydrogen (secondary N) is 1. The minimum atomic E-state index is -3.73. The largest absolute Gasteiger partial charge is 0.350 e. The van der Waals surface area contributed by atoms with Gasteiger partial charge in [-0.1, -0.05) is 13.0 Å². The molecule has 134 valence electrons. The van der Waals surface area contributed by atoms with Crippen LogP contribution in [0.1, 0.15) is 18.9 Å². The Balaban J connectivity index is 2.23. The van der Waals surface area contributed by atoms with Crippen LogP contribution in [-0.2, 0) is 21.4 Å². The first-order chi connectivity index (χ1) is 11.8. The molecule has 0 bridgehead atoms. The van der Waals surface area contributed by atoms with Gasteiger partial charge >= 0.3 is 0 Å². The third kappa shape index (κ3) is 4.99.